The zero-order valence-corrected chi connectivity index (χ0v) is 7.19. The van der Waals surface area contributed by atoms with E-state index in [0.29, 0.717) is 16.5 Å². The van der Waals surface area contributed by atoms with E-state index in [-0.39, 0.29) is 12.2 Å². The number of carboxylic acids is 1. The number of rotatable bonds is 2. The van der Waals surface area contributed by atoms with Crippen LogP contribution in [0.5, 0.6) is 5.75 Å². The topological polar surface area (TPSA) is 86.2 Å². The summed E-state index contributed by atoms with van der Waals surface area (Å²) in [5.41, 5.74) is 1.11. The maximum absolute atomic E-state index is 10.5. The molecule has 3 N–H and O–H groups in total. The summed E-state index contributed by atoms with van der Waals surface area (Å²) in [6.07, 6.45) is 1.43. The second-order valence-corrected chi connectivity index (χ2v) is 2.97. The Balaban J connectivity index is 2.60. The zero-order chi connectivity index (χ0) is 10.1. The normalized spacial score (nSPS) is 10.6. The molecule has 1 heterocycles. The van der Waals surface area contributed by atoms with E-state index in [1.807, 2.05) is 0 Å². The van der Waals surface area contributed by atoms with Crippen LogP contribution in [0.1, 0.15) is 5.56 Å². The molecule has 14 heavy (non-hydrogen) atoms. The summed E-state index contributed by atoms with van der Waals surface area (Å²) in [5, 5.41) is 25.0. The summed E-state index contributed by atoms with van der Waals surface area (Å²) in [6.45, 7) is 0. The smallest absolute Gasteiger partial charge is 0.307 e. The maximum atomic E-state index is 10.5. The van der Waals surface area contributed by atoms with E-state index in [2.05, 4.69) is 10.2 Å². The molecule has 5 heteroatoms. The average molecular weight is 192 g/mol. The number of phenolic OH excluding ortho intramolecular Hbond substituents is 1. The first kappa shape index (κ1) is 8.55. The molecule has 0 fully saturated rings. The van der Waals surface area contributed by atoms with Gasteiger partial charge < -0.3 is 10.2 Å². The van der Waals surface area contributed by atoms with E-state index >= 15 is 0 Å². The summed E-state index contributed by atoms with van der Waals surface area (Å²) in [4.78, 5) is 10.5. The van der Waals surface area contributed by atoms with Gasteiger partial charge in [0.15, 0.2) is 0 Å². The number of hydrogen-bond acceptors (Lipinski definition) is 3. The predicted octanol–water partition coefficient (Wildman–Crippen LogP) is 0.896. The largest absolute Gasteiger partial charge is 0.506 e. The van der Waals surface area contributed by atoms with E-state index in [0.717, 1.165) is 0 Å². The van der Waals surface area contributed by atoms with Crippen LogP contribution in [0.3, 0.4) is 0 Å². The molecular formula is C9H8N2O3. The third kappa shape index (κ3) is 1.28. The number of hydrogen-bond donors (Lipinski definition) is 3. The maximum Gasteiger partial charge on any atom is 0.307 e. The van der Waals surface area contributed by atoms with Crippen LogP contribution in [0.15, 0.2) is 18.3 Å². The van der Waals surface area contributed by atoms with Crippen molar-refractivity contribution in [2.75, 3.05) is 0 Å². The molecule has 0 atom stereocenters. The Bertz CT molecular complexity index is 490. The van der Waals surface area contributed by atoms with Gasteiger partial charge in [-0.3, -0.25) is 9.89 Å². The lowest BCUT2D eigenvalue weighted by Gasteiger charge is -2.00. The summed E-state index contributed by atoms with van der Waals surface area (Å²) < 4.78 is 0. The van der Waals surface area contributed by atoms with Crippen molar-refractivity contribution in [2.45, 2.75) is 6.42 Å². The Labute approximate surface area is 79.0 Å². The predicted molar refractivity (Wildman–Crippen MR) is 49.1 cm³/mol. The lowest BCUT2D eigenvalue weighted by molar-refractivity contribution is -0.136. The van der Waals surface area contributed by atoms with Crippen molar-refractivity contribution in [3.63, 3.8) is 0 Å². The van der Waals surface area contributed by atoms with Gasteiger partial charge in [0.1, 0.15) is 11.3 Å². The molecule has 2 aromatic rings. The number of aliphatic carboxylic acids is 1. The van der Waals surface area contributed by atoms with Crippen LogP contribution >= 0.6 is 0 Å². The Morgan fingerprint density at radius 3 is 3.00 bits per heavy atom. The van der Waals surface area contributed by atoms with Crippen molar-refractivity contribution in [2.24, 2.45) is 0 Å². The fourth-order valence-electron chi connectivity index (χ4n) is 1.39. The summed E-state index contributed by atoms with van der Waals surface area (Å²) in [6, 6.07) is 3.04. The van der Waals surface area contributed by atoms with E-state index < -0.39 is 5.97 Å². The molecule has 2 rings (SSSR count). The molecule has 0 amide bonds. The standard InChI is InChI=1S/C9H8N2O3/c12-7-2-1-5(3-8(13)14)6-4-10-11-9(6)7/h1-2,4,12H,3H2,(H,10,11)(H,13,14). The number of phenols is 1. The molecule has 1 aromatic carbocycles. The molecule has 0 unspecified atom stereocenters. The second kappa shape index (κ2) is 3.02. The third-order valence-corrected chi connectivity index (χ3v) is 2.03. The van der Waals surface area contributed by atoms with Crippen LogP contribution in [0.4, 0.5) is 0 Å². The molecule has 0 aliphatic heterocycles. The van der Waals surface area contributed by atoms with Crippen LogP contribution in [-0.2, 0) is 11.2 Å². The van der Waals surface area contributed by atoms with Crippen molar-refractivity contribution in [3.05, 3.63) is 23.9 Å². The number of fused-ring (bicyclic) bond motifs is 1. The highest BCUT2D eigenvalue weighted by molar-refractivity contribution is 5.89. The summed E-state index contributed by atoms with van der Waals surface area (Å²) >= 11 is 0. The highest BCUT2D eigenvalue weighted by Crippen LogP contribution is 2.25. The van der Waals surface area contributed by atoms with Crippen LogP contribution < -0.4 is 0 Å². The first-order valence-corrected chi connectivity index (χ1v) is 4.04. The first-order valence-electron chi connectivity index (χ1n) is 4.04. The van der Waals surface area contributed by atoms with Gasteiger partial charge >= 0.3 is 5.97 Å². The minimum Gasteiger partial charge on any atom is -0.506 e. The third-order valence-electron chi connectivity index (χ3n) is 2.03. The molecule has 0 radical (unpaired) electrons. The monoisotopic (exact) mass is 192 g/mol. The summed E-state index contributed by atoms with van der Waals surface area (Å²) in [7, 11) is 0. The molecule has 72 valence electrons. The Morgan fingerprint density at radius 2 is 2.29 bits per heavy atom. The van der Waals surface area contributed by atoms with Gasteiger partial charge in [-0.2, -0.15) is 5.10 Å². The fourth-order valence-corrected chi connectivity index (χ4v) is 1.39. The van der Waals surface area contributed by atoms with Crippen molar-refractivity contribution in [3.8, 4) is 5.75 Å². The van der Waals surface area contributed by atoms with Gasteiger partial charge in [-0.15, -0.1) is 0 Å². The van der Waals surface area contributed by atoms with E-state index in [1.165, 1.54) is 12.3 Å². The van der Waals surface area contributed by atoms with Crippen LogP contribution in [0.25, 0.3) is 10.9 Å². The minimum absolute atomic E-state index is 0.0731. The second-order valence-electron chi connectivity index (χ2n) is 2.97. The molecule has 0 spiro atoms. The SMILES string of the molecule is O=C(O)Cc1ccc(O)c2[nH]ncc12. The Kier molecular flexibility index (Phi) is 1.85. The van der Waals surface area contributed by atoms with Crippen LogP contribution in [0, 0.1) is 0 Å². The summed E-state index contributed by atoms with van der Waals surface area (Å²) in [5.74, 6) is -0.829. The highest BCUT2D eigenvalue weighted by Gasteiger charge is 2.09. The van der Waals surface area contributed by atoms with Crippen molar-refractivity contribution in [1.29, 1.82) is 0 Å². The van der Waals surface area contributed by atoms with Crippen LogP contribution in [0.2, 0.25) is 0 Å². The molecule has 0 aliphatic rings. The van der Waals surface area contributed by atoms with Gasteiger partial charge in [-0.25, -0.2) is 0 Å². The van der Waals surface area contributed by atoms with Gasteiger partial charge in [-0.1, -0.05) is 6.07 Å². The number of nitrogens with zero attached hydrogens (tertiary/aromatic N) is 1. The molecule has 0 bridgehead atoms. The van der Waals surface area contributed by atoms with Crippen molar-refractivity contribution >= 4 is 16.9 Å². The number of benzene rings is 1. The van der Waals surface area contributed by atoms with Gasteiger partial charge in [0.25, 0.3) is 0 Å². The average Bonchev–Trinajstić information content (AvgIpc) is 2.58. The van der Waals surface area contributed by atoms with E-state index in [1.54, 1.807) is 6.07 Å². The van der Waals surface area contributed by atoms with Crippen molar-refractivity contribution in [1.82, 2.24) is 10.2 Å². The molecule has 0 saturated carbocycles. The van der Waals surface area contributed by atoms with Gasteiger partial charge in [0, 0.05) is 5.39 Å². The van der Waals surface area contributed by atoms with E-state index in [9.17, 15) is 9.90 Å². The molecule has 0 aliphatic carbocycles. The minimum atomic E-state index is -0.904. The molecule has 1 aromatic heterocycles. The van der Waals surface area contributed by atoms with Gasteiger partial charge in [-0.05, 0) is 11.6 Å². The Hall–Kier alpha value is -2.04. The number of carbonyl (C=O) groups is 1. The highest BCUT2D eigenvalue weighted by atomic mass is 16.4. The van der Waals surface area contributed by atoms with Crippen LogP contribution in [-0.4, -0.2) is 26.4 Å². The molecular weight excluding hydrogens is 184 g/mol. The fraction of sp³-hybridized carbons (Fsp3) is 0.111. The lowest BCUT2D eigenvalue weighted by Crippen LogP contribution is -2.00. The Morgan fingerprint density at radius 1 is 1.50 bits per heavy atom. The first-order chi connectivity index (χ1) is 6.68. The van der Waals surface area contributed by atoms with E-state index in [4.69, 9.17) is 5.11 Å². The lowest BCUT2D eigenvalue weighted by atomic mass is 10.1. The number of H-pyrrole nitrogens is 1. The number of aromatic amines is 1. The zero-order valence-electron chi connectivity index (χ0n) is 7.19. The number of carboxylic acid groups (broad SMARTS) is 1. The molecule has 5 nitrogen and oxygen atoms in total. The molecule has 0 saturated heterocycles. The number of aromatic nitrogens is 2. The quantitative estimate of drug-likeness (QED) is 0.659. The van der Waals surface area contributed by atoms with Crippen molar-refractivity contribution < 1.29 is 15.0 Å². The number of nitrogens with one attached hydrogen (secondary N) is 1. The van der Waals surface area contributed by atoms with Gasteiger partial charge in [0.05, 0.1) is 12.6 Å². The number of aromatic hydroxyl groups is 1. The van der Waals surface area contributed by atoms with Gasteiger partial charge in [0.2, 0.25) is 0 Å².